The van der Waals surface area contributed by atoms with E-state index < -0.39 is 0 Å². The zero-order valence-corrected chi connectivity index (χ0v) is 12.7. The maximum atomic E-state index is 8.71. The van der Waals surface area contributed by atoms with Crippen molar-refractivity contribution in [3.05, 3.63) is 29.8 Å². The first kappa shape index (κ1) is 15.8. The van der Waals surface area contributed by atoms with Crippen LogP contribution in [0.5, 0.6) is 5.75 Å². The molecular weight excluding hydrogens is 264 g/mol. The average Bonchev–Trinajstić information content (AvgIpc) is 2.54. The van der Waals surface area contributed by atoms with Crippen LogP contribution in [0.15, 0.2) is 24.3 Å². The molecule has 4 nitrogen and oxygen atoms in total. The molecule has 1 aliphatic rings. The molecule has 0 unspecified atom stereocenters. The maximum Gasteiger partial charge on any atom is 0.120 e. The van der Waals surface area contributed by atoms with Crippen LogP contribution >= 0.6 is 0 Å². The summed E-state index contributed by atoms with van der Waals surface area (Å²) in [6, 6.07) is 7.70. The number of ether oxygens (including phenoxy) is 1. The molecule has 1 aromatic carbocycles. The highest BCUT2D eigenvalue weighted by Gasteiger charge is 2.14. The molecule has 1 heterocycles. The van der Waals surface area contributed by atoms with Crippen molar-refractivity contribution in [3.63, 3.8) is 0 Å². The lowest BCUT2D eigenvalue weighted by Gasteiger charge is -2.33. The summed E-state index contributed by atoms with van der Waals surface area (Å²) in [5.41, 5.74) is 0.873. The van der Waals surface area contributed by atoms with Crippen LogP contribution in [0.2, 0.25) is 0 Å². The predicted molar refractivity (Wildman–Crippen MR) is 84.5 cm³/mol. The lowest BCUT2D eigenvalue weighted by molar-refractivity contribution is 0.121. The zero-order valence-electron chi connectivity index (χ0n) is 12.7. The van der Waals surface area contributed by atoms with E-state index in [0.29, 0.717) is 6.61 Å². The zero-order chi connectivity index (χ0) is 14.9. The van der Waals surface area contributed by atoms with E-state index in [9.17, 15) is 0 Å². The van der Waals surface area contributed by atoms with Gasteiger partial charge in [-0.15, -0.1) is 0 Å². The van der Waals surface area contributed by atoms with Crippen molar-refractivity contribution in [2.75, 3.05) is 52.5 Å². The third-order valence-corrected chi connectivity index (χ3v) is 3.73. The van der Waals surface area contributed by atoms with E-state index in [1.807, 2.05) is 24.3 Å². The number of aliphatic hydroxyl groups excluding tert-OH is 1. The molecule has 0 bridgehead atoms. The van der Waals surface area contributed by atoms with Crippen LogP contribution in [0.25, 0.3) is 0 Å². The van der Waals surface area contributed by atoms with E-state index in [4.69, 9.17) is 9.84 Å². The molecule has 1 fully saturated rings. The fourth-order valence-electron chi connectivity index (χ4n) is 2.43. The number of aliphatic hydroxyl groups is 1. The lowest BCUT2D eigenvalue weighted by atomic mass is 10.2. The van der Waals surface area contributed by atoms with Gasteiger partial charge in [0, 0.05) is 38.3 Å². The summed E-state index contributed by atoms with van der Waals surface area (Å²) < 4.78 is 5.80. The molecule has 1 N–H and O–H groups in total. The van der Waals surface area contributed by atoms with Crippen LogP contribution in [0.3, 0.4) is 0 Å². The Morgan fingerprint density at radius 2 is 1.95 bits per heavy atom. The van der Waals surface area contributed by atoms with Crippen molar-refractivity contribution < 1.29 is 9.84 Å². The average molecular weight is 288 g/mol. The summed E-state index contributed by atoms with van der Waals surface area (Å²) in [6.07, 6.45) is 0. The first-order chi connectivity index (χ1) is 10.3. The number of hydrogen-bond donors (Lipinski definition) is 1. The molecule has 0 atom stereocenters. The monoisotopic (exact) mass is 288 g/mol. The Hall–Kier alpha value is -1.54. The maximum absolute atomic E-state index is 8.71. The largest absolute Gasteiger partial charge is 0.492 e. The van der Waals surface area contributed by atoms with E-state index >= 15 is 0 Å². The van der Waals surface area contributed by atoms with Gasteiger partial charge >= 0.3 is 0 Å². The minimum atomic E-state index is -0.116. The fourth-order valence-corrected chi connectivity index (χ4v) is 2.43. The van der Waals surface area contributed by atoms with Gasteiger partial charge in [0.05, 0.1) is 0 Å². The van der Waals surface area contributed by atoms with Crippen LogP contribution in [0.4, 0.5) is 0 Å². The Balaban J connectivity index is 1.73. The standard InChI is InChI=1S/C17H24N2O2/c1-2-18-8-10-19(11-9-18)12-14-21-17-7-3-5-16(15-17)6-4-13-20/h3,5,7,15,20H,2,8-14H2,1H3. The Labute approximate surface area is 127 Å². The molecule has 114 valence electrons. The molecule has 4 heteroatoms. The summed E-state index contributed by atoms with van der Waals surface area (Å²) in [4.78, 5) is 4.92. The highest BCUT2D eigenvalue weighted by atomic mass is 16.5. The molecular formula is C17H24N2O2. The second-order valence-corrected chi connectivity index (χ2v) is 5.11. The summed E-state index contributed by atoms with van der Waals surface area (Å²) in [7, 11) is 0. The van der Waals surface area contributed by atoms with Gasteiger partial charge in [-0.3, -0.25) is 4.90 Å². The van der Waals surface area contributed by atoms with Gasteiger partial charge in [-0.2, -0.15) is 0 Å². The quantitative estimate of drug-likeness (QED) is 0.822. The number of likely N-dealkylation sites (N-methyl/N-ethyl adjacent to an activating group) is 1. The molecule has 1 aromatic rings. The smallest absolute Gasteiger partial charge is 0.120 e. The minimum Gasteiger partial charge on any atom is -0.492 e. The van der Waals surface area contributed by atoms with Gasteiger partial charge in [-0.1, -0.05) is 24.8 Å². The first-order valence-corrected chi connectivity index (χ1v) is 7.59. The van der Waals surface area contributed by atoms with Gasteiger partial charge in [0.25, 0.3) is 0 Å². The highest BCUT2D eigenvalue weighted by molar-refractivity contribution is 5.39. The Morgan fingerprint density at radius 1 is 1.19 bits per heavy atom. The molecule has 21 heavy (non-hydrogen) atoms. The van der Waals surface area contributed by atoms with Crippen molar-refractivity contribution in [1.82, 2.24) is 9.80 Å². The molecule has 0 saturated carbocycles. The second kappa shape index (κ2) is 8.68. The van der Waals surface area contributed by atoms with Crippen LogP contribution in [0, 0.1) is 11.8 Å². The first-order valence-electron chi connectivity index (χ1n) is 7.59. The van der Waals surface area contributed by atoms with E-state index in [1.54, 1.807) is 0 Å². The Kier molecular flexibility index (Phi) is 6.55. The SMILES string of the molecule is CCN1CCN(CCOc2cccc(C#CCO)c2)CC1. The van der Waals surface area contributed by atoms with Crippen molar-refractivity contribution >= 4 is 0 Å². The summed E-state index contributed by atoms with van der Waals surface area (Å²) >= 11 is 0. The summed E-state index contributed by atoms with van der Waals surface area (Å²) in [5, 5.41) is 8.71. The van der Waals surface area contributed by atoms with Gasteiger partial charge < -0.3 is 14.7 Å². The Bertz CT molecular complexity index is 485. The molecule has 1 aliphatic heterocycles. The number of piperazine rings is 1. The fraction of sp³-hybridized carbons (Fsp3) is 0.529. The molecule has 0 radical (unpaired) electrons. The van der Waals surface area contributed by atoms with Gasteiger partial charge in [0.1, 0.15) is 19.0 Å². The number of benzene rings is 1. The van der Waals surface area contributed by atoms with E-state index in [2.05, 4.69) is 28.6 Å². The molecule has 0 spiro atoms. The minimum absolute atomic E-state index is 0.116. The third kappa shape index (κ3) is 5.39. The van der Waals surface area contributed by atoms with Crippen LogP contribution in [-0.4, -0.2) is 67.4 Å². The molecule has 0 amide bonds. The number of rotatable bonds is 5. The summed E-state index contributed by atoms with van der Waals surface area (Å²) in [6.45, 7) is 9.46. The number of nitrogens with zero attached hydrogens (tertiary/aromatic N) is 2. The van der Waals surface area contributed by atoms with E-state index in [1.165, 1.54) is 0 Å². The van der Waals surface area contributed by atoms with Gasteiger partial charge in [-0.25, -0.2) is 0 Å². The van der Waals surface area contributed by atoms with Crippen molar-refractivity contribution in [2.24, 2.45) is 0 Å². The van der Waals surface area contributed by atoms with Crippen LogP contribution in [-0.2, 0) is 0 Å². The molecule has 2 rings (SSSR count). The molecule has 0 aliphatic carbocycles. The van der Waals surface area contributed by atoms with Gasteiger partial charge in [-0.05, 0) is 24.7 Å². The van der Waals surface area contributed by atoms with Crippen molar-refractivity contribution in [3.8, 4) is 17.6 Å². The van der Waals surface area contributed by atoms with E-state index in [0.717, 1.165) is 50.6 Å². The molecule has 0 aromatic heterocycles. The van der Waals surface area contributed by atoms with Crippen molar-refractivity contribution in [2.45, 2.75) is 6.92 Å². The topological polar surface area (TPSA) is 35.9 Å². The van der Waals surface area contributed by atoms with Gasteiger partial charge in [0.2, 0.25) is 0 Å². The van der Waals surface area contributed by atoms with E-state index in [-0.39, 0.29) is 6.61 Å². The van der Waals surface area contributed by atoms with Crippen LogP contribution in [0.1, 0.15) is 12.5 Å². The molecule has 1 saturated heterocycles. The Morgan fingerprint density at radius 3 is 2.67 bits per heavy atom. The second-order valence-electron chi connectivity index (χ2n) is 5.11. The normalized spacial score (nSPS) is 16.3. The third-order valence-electron chi connectivity index (χ3n) is 3.73. The van der Waals surface area contributed by atoms with Crippen molar-refractivity contribution in [1.29, 1.82) is 0 Å². The van der Waals surface area contributed by atoms with Gasteiger partial charge in [0.15, 0.2) is 0 Å². The summed E-state index contributed by atoms with van der Waals surface area (Å²) in [5.74, 6) is 6.38. The van der Waals surface area contributed by atoms with Crippen LogP contribution < -0.4 is 4.74 Å². The highest BCUT2D eigenvalue weighted by Crippen LogP contribution is 2.12. The predicted octanol–water partition coefficient (Wildman–Crippen LogP) is 1.05. The number of hydrogen-bond acceptors (Lipinski definition) is 4. The lowest BCUT2D eigenvalue weighted by Crippen LogP contribution is -2.47.